The van der Waals surface area contributed by atoms with Gasteiger partial charge < -0.3 is 4.74 Å². The summed E-state index contributed by atoms with van der Waals surface area (Å²) in [5, 5.41) is 17.8. The lowest BCUT2D eigenvalue weighted by atomic mass is 10.1. The molecule has 1 heterocycles. The SMILES string of the molecule is N#Cc1ccccc1CN1CCOC(C#N)C1. The lowest BCUT2D eigenvalue weighted by Crippen LogP contribution is -2.41. The van der Waals surface area contributed by atoms with Crippen molar-refractivity contribution in [2.45, 2.75) is 12.6 Å². The zero-order chi connectivity index (χ0) is 12.1. The van der Waals surface area contributed by atoms with Crippen molar-refractivity contribution in [1.29, 1.82) is 10.5 Å². The van der Waals surface area contributed by atoms with Crippen molar-refractivity contribution in [1.82, 2.24) is 4.90 Å². The number of benzene rings is 1. The van der Waals surface area contributed by atoms with E-state index in [9.17, 15) is 0 Å². The van der Waals surface area contributed by atoms with E-state index in [0.717, 1.165) is 12.1 Å². The minimum Gasteiger partial charge on any atom is -0.361 e. The molecular formula is C13H13N3O. The van der Waals surface area contributed by atoms with Crippen molar-refractivity contribution in [3.05, 3.63) is 35.4 Å². The molecule has 0 bridgehead atoms. The van der Waals surface area contributed by atoms with Crippen LogP contribution in [0.15, 0.2) is 24.3 Å². The molecule has 1 aromatic rings. The van der Waals surface area contributed by atoms with Crippen LogP contribution in [0.2, 0.25) is 0 Å². The van der Waals surface area contributed by atoms with Crippen molar-refractivity contribution < 1.29 is 4.74 Å². The molecule has 17 heavy (non-hydrogen) atoms. The number of hydrogen-bond donors (Lipinski definition) is 0. The van der Waals surface area contributed by atoms with Gasteiger partial charge in [-0.2, -0.15) is 10.5 Å². The molecule has 0 aliphatic carbocycles. The summed E-state index contributed by atoms with van der Waals surface area (Å²) < 4.78 is 5.28. The topological polar surface area (TPSA) is 60.1 Å². The van der Waals surface area contributed by atoms with E-state index in [1.165, 1.54) is 0 Å². The molecule has 0 amide bonds. The molecule has 1 fully saturated rings. The molecule has 86 valence electrons. The Kier molecular flexibility index (Phi) is 3.72. The standard InChI is InChI=1S/C13H13N3O/c14-7-11-3-1-2-4-12(11)9-16-5-6-17-13(8-15)10-16/h1-4,13H,5-6,9-10H2. The third-order valence-electron chi connectivity index (χ3n) is 2.83. The average Bonchev–Trinajstić information content (AvgIpc) is 2.39. The quantitative estimate of drug-likeness (QED) is 0.763. The van der Waals surface area contributed by atoms with Crippen LogP contribution in [0, 0.1) is 22.7 Å². The first-order chi connectivity index (χ1) is 8.33. The largest absolute Gasteiger partial charge is 0.361 e. The maximum absolute atomic E-state index is 9.00. The molecule has 1 unspecified atom stereocenters. The zero-order valence-electron chi connectivity index (χ0n) is 9.47. The maximum atomic E-state index is 9.00. The molecule has 0 radical (unpaired) electrons. The van der Waals surface area contributed by atoms with Crippen LogP contribution < -0.4 is 0 Å². The molecule has 0 saturated carbocycles. The average molecular weight is 227 g/mol. The highest BCUT2D eigenvalue weighted by Crippen LogP contribution is 2.13. The van der Waals surface area contributed by atoms with Gasteiger partial charge in [0.2, 0.25) is 0 Å². The number of nitriles is 2. The van der Waals surface area contributed by atoms with E-state index in [0.29, 0.717) is 25.3 Å². The van der Waals surface area contributed by atoms with Crippen molar-refractivity contribution in [3.63, 3.8) is 0 Å². The first-order valence-corrected chi connectivity index (χ1v) is 5.55. The zero-order valence-corrected chi connectivity index (χ0v) is 9.47. The van der Waals surface area contributed by atoms with E-state index in [-0.39, 0.29) is 6.10 Å². The van der Waals surface area contributed by atoms with Gasteiger partial charge in [0, 0.05) is 19.6 Å². The highest BCUT2D eigenvalue weighted by Gasteiger charge is 2.20. The Bertz CT molecular complexity index is 472. The molecule has 2 rings (SSSR count). The first-order valence-electron chi connectivity index (χ1n) is 5.55. The van der Waals surface area contributed by atoms with E-state index in [1.54, 1.807) is 0 Å². The lowest BCUT2D eigenvalue weighted by molar-refractivity contribution is -0.00271. The first kappa shape index (κ1) is 11.6. The van der Waals surface area contributed by atoms with Gasteiger partial charge in [0.05, 0.1) is 24.3 Å². The van der Waals surface area contributed by atoms with Gasteiger partial charge in [-0.3, -0.25) is 4.90 Å². The predicted molar refractivity (Wildman–Crippen MR) is 61.8 cm³/mol. The molecule has 1 aliphatic rings. The van der Waals surface area contributed by atoms with Gasteiger partial charge >= 0.3 is 0 Å². The van der Waals surface area contributed by atoms with Crippen LogP contribution in [-0.2, 0) is 11.3 Å². The summed E-state index contributed by atoms with van der Waals surface area (Å²) in [6.45, 7) is 2.69. The molecule has 1 aromatic carbocycles. The van der Waals surface area contributed by atoms with Crippen LogP contribution in [-0.4, -0.2) is 30.7 Å². The van der Waals surface area contributed by atoms with Crippen LogP contribution in [0.25, 0.3) is 0 Å². The van der Waals surface area contributed by atoms with Crippen LogP contribution in [0.1, 0.15) is 11.1 Å². The van der Waals surface area contributed by atoms with Crippen molar-refractivity contribution >= 4 is 0 Å². The number of morpholine rings is 1. The van der Waals surface area contributed by atoms with Gasteiger partial charge in [0.1, 0.15) is 0 Å². The fourth-order valence-corrected chi connectivity index (χ4v) is 1.93. The normalized spacial score (nSPS) is 20.5. The number of hydrogen-bond acceptors (Lipinski definition) is 4. The highest BCUT2D eigenvalue weighted by molar-refractivity contribution is 5.37. The summed E-state index contributed by atoms with van der Waals surface area (Å²) in [5.41, 5.74) is 1.71. The number of rotatable bonds is 2. The Morgan fingerprint density at radius 1 is 1.35 bits per heavy atom. The molecule has 1 saturated heterocycles. The second kappa shape index (κ2) is 5.45. The Morgan fingerprint density at radius 2 is 2.18 bits per heavy atom. The van der Waals surface area contributed by atoms with Gasteiger partial charge in [-0.15, -0.1) is 0 Å². The summed E-state index contributed by atoms with van der Waals surface area (Å²) in [6.07, 6.45) is -0.349. The number of nitrogens with zero attached hydrogens (tertiary/aromatic N) is 3. The van der Waals surface area contributed by atoms with E-state index in [1.807, 2.05) is 24.3 Å². The molecule has 4 heteroatoms. The Balaban J connectivity index is 2.06. The summed E-state index contributed by atoms with van der Waals surface area (Å²) >= 11 is 0. The summed E-state index contributed by atoms with van der Waals surface area (Å²) in [6, 6.07) is 11.9. The molecule has 1 aliphatic heterocycles. The van der Waals surface area contributed by atoms with Gasteiger partial charge in [0.25, 0.3) is 0 Å². The van der Waals surface area contributed by atoms with Gasteiger partial charge in [-0.05, 0) is 11.6 Å². The maximum Gasteiger partial charge on any atom is 0.156 e. The van der Waals surface area contributed by atoms with E-state index in [4.69, 9.17) is 15.3 Å². The molecule has 0 N–H and O–H groups in total. The Labute approximate surface area is 101 Å². The Hall–Kier alpha value is -1.88. The molecular weight excluding hydrogens is 214 g/mol. The monoisotopic (exact) mass is 227 g/mol. The Morgan fingerprint density at radius 3 is 2.94 bits per heavy atom. The molecule has 1 atom stereocenters. The fraction of sp³-hybridized carbons (Fsp3) is 0.385. The minimum atomic E-state index is -0.349. The van der Waals surface area contributed by atoms with Crippen molar-refractivity contribution in [3.8, 4) is 12.1 Å². The third kappa shape index (κ3) is 2.82. The van der Waals surface area contributed by atoms with Crippen molar-refractivity contribution in [2.24, 2.45) is 0 Å². The van der Waals surface area contributed by atoms with E-state index in [2.05, 4.69) is 17.0 Å². The van der Waals surface area contributed by atoms with Gasteiger partial charge in [-0.1, -0.05) is 18.2 Å². The van der Waals surface area contributed by atoms with Crippen LogP contribution in [0.5, 0.6) is 0 Å². The van der Waals surface area contributed by atoms with E-state index < -0.39 is 0 Å². The molecule has 0 spiro atoms. The molecule has 4 nitrogen and oxygen atoms in total. The van der Waals surface area contributed by atoms with Crippen LogP contribution in [0.4, 0.5) is 0 Å². The third-order valence-corrected chi connectivity index (χ3v) is 2.83. The van der Waals surface area contributed by atoms with Crippen LogP contribution in [0.3, 0.4) is 0 Å². The summed E-state index contributed by atoms with van der Waals surface area (Å²) in [7, 11) is 0. The van der Waals surface area contributed by atoms with E-state index >= 15 is 0 Å². The lowest BCUT2D eigenvalue weighted by Gasteiger charge is -2.29. The fourth-order valence-electron chi connectivity index (χ4n) is 1.93. The second-order valence-electron chi connectivity index (χ2n) is 3.99. The van der Waals surface area contributed by atoms with Crippen LogP contribution >= 0.6 is 0 Å². The minimum absolute atomic E-state index is 0.349. The summed E-state index contributed by atoms with van der Waals surface area (Å²) in [5.74, 6) is 0. The van der Waals surface area contributed by atoms with Gasteiger partial charge in [-0.25, -0.2) is 0 Å². The predicted octanol–water partition coefficient (Wildman–Crippen LogP) is 1.28. The highest BCUT2D eigenvalue weighted by atomic mass is 16.5. The summed E-state index contributed by atoms with van der Waals surface area (Å²) in [4.78, 5) is 2.15. The number of ether oxygens (including phenoxy) is 1. The van der Waals surface area contributed by atoms with Crippen molar-refractivity contribution in [2.75, 3.05) is 19.7 Å². The smallest absolute Gasteiger partial charge is 0.156 e. The second-order valence-corrected chi connectivity index (χ2v) is 3.99. The van der Waals surface area contributed by atoms with Gasteiger partial charge in [0.15, 0.2) is 6.10 Å². The molecule has 0 aromatic heterocycles.